The van der Waals surface area contributed by atoms with Crippen molar-refractivity contribution in [2.24, 2.45) is 5.10 Å². The zero-order valence-corrected chi connectivity index (χ0v) is 15.2. The molecule has 1 aliphatic heterocycles. The SMILES string of the molecule is CC(=O)Nc1ccc(C2=NN(c3ccccc3)[C@@H](c3cccs3)C2)cc1. The van der Waals surface area contributed by atoms with Crippen molar-refractivity contribution in [1.82, 2.24) is 0 Å². The standard InChI is InChI=1S/C21H19N3OS/c1-15(25)22-17-11-9-16(10-12-17)19-14-20(21-8-5-13-26-21)24(23-19)18-6-3-2-4-7-18/h2-13,20H,14H2,1H3,(H,22,25)/t20-/m1/s1. The van der Waals surface area contributed by atoms with Crippen molar-refractivity contribution >= 4 is 34.3 Å². The molecule has 0 saturated carbocycles. The van der Waals surface area contributed by atoms with Crippen LogP contribution < -0.4 is 10.3 Å². The number of para-hydroxylation sites is 1. The lowest BCUT2D eigenvalue weighted by Gasteiger charge is -2.22. The predicted octanol–water partition coefficient (Wildman–Crippen LogP) is 5.06. The molecule has 3 aromatic rings. The third-order valence-electron chi connectivity index (χ3n) is 4.34. The van der Waals surface area contributed by atoms with E-state index in [1.54, 1.807) is 11.3 Å². The Morgan fingerprint density at radius 1 is 1.08 bits per heavy atom. The van der Waals surface area contributed by atoms with Crippen molar-refractivity contribution < 1.29 is 4.79 Å². The molecular formula is C21H19N3OS. The van der Waals surface area contributed by atoms with E-state index in [0.29, 0.717) is 0 Å². The molecule has 0 unspecified atom stereocenters. The van der Waals surface area contributed by atoms with E-state index in [1.807, 2.05) is 42.5 Å². The van der Waals surface area contributed by atoms with Crippen LogP contribution in [0.4, 0.5) is 11.4 Å². The van der Waals surface area contributed by atoms with Crippen molar-refractivity contribution in [3.63, 3.8) is 0 Å². The Morgan fingerprint density at radius 3 is 2.50 bits per heavy atom. The highest BCUT2D eigenvalue weighted by Crippen LogP contribution is 2.38. The summed E-state index contributed by atoms with van der Waals surface area (Å²) in [6.07, 6.45) is 0.856. The minimum atomic E-state index is -0.0658. The van der Waals surface area contributed by atoms with Gasteiger partial charge in [-0.25, -0.2) is 0 Å². The molecule has 2 heterocycles. The normalized spacial score (nSPS) is 16.4. The summed E-state index contributed by atoms with van der Waals surface area (Å²) in [6, 6.07) is 22.6. The minimum absolute atomic E-state index is 0.0658. The molecule has 26 heavy (non-hydrogen) atoms. The Kier molecular flexibility index (Phi) is 4.54. The Morgan fingerprint density at radius 2 is 1.85 bits per heavy atom. The van der Waals surface area contributed by atoms with E-state index in [0.717, 1.165) is 29.1 Å². The summed E-state index contributed by atoms with van der Waals surface area (Å²) in [5, 5.41) is 12.0. The Balaban J connectivity index is 1.65. The molecule has 1 amide bonds. The summed E-state index contributed by atoms with van der Waals surface area (Å²) in [5.74, 6) is -0.0658. The van der Waals surface area contributed by atoms with Crippen LogP contribution in [0.3, 0.4) is 0 Å². The van der Waals surface area contributed by atoms with Gasteiger partial charge in [-0.2, -0.15) is 5.10 Å². The number of anilines is 2. The van der Waals surface area contributed by atoms with E-state index in [4.69, 9.17) is 5.10 Å². The lowest BCUT2D eigenvalue weighted by atomic mass is 10.0. The Labute approximate surface area is 156 Å². The number of thiophene rings is 1. The number of hydrogen-bond acceptors (Lipinski definition) is 4. The lowest BCUT2D eigenvalue weighted by Crippen LogP contribution is -2.17. The van der Waals surface area contributed by atoms with E-state index in [-0.39, 0.29) is 11.9 Å². The van der Waals surface area contributed by atoms with Crippen LogP contribution in [-0.4, -0.2) is 11.6 Å². The van der Waals surface area contributed by atoms with Crippen molar-refractivity contribution in [1.29, 1.82) is 0 Å². The van der Waals surface area contributed by atoms with E-state index in [1.165, 1.54) is 11.8 Å². The van der Waals surface area contributed by atoms with Gasteiger partial charge in [-0.15, -0.1) is 11.3 Å². The molecule has 2 aromatic carbocycles. The third-order valence-corrected chi connectivity index (χ3v) is 5.31. The summed E-state index contributed by atoms with van der Waals surface area (Å²) < 4.78 is 0. The Hall–Kier alpha value is -2.92. The maximum Gasteiger partial charge on any atom is 0.221 e. The van der Waals surface area contributed by atoms with Gasteiger partial charge < -0.3 is 5.32 Å². The molecule has 4 rings (SSSR count). The number of hydrogen-bond donors (Lipinski definition) is 1. The van der Waals surface area contributed by atoms with Gasteiger partial charge in [-0.05, 0) is 41.3 Å². The summed E-state index contributed by atoms with van der Waals surface area (Å²) in [5.41, 5.74) is 4.03. The number of nitrogens with zero attached hydrogens (tertiary/aromatic N) is 2. The van der Waals surface area contributed by atoms with Crippen LogP contribution >= 0.6 is 11.3 Å². The molecule has 0 bridgehead atoms. The third kappa shape index (κ3) is 3.39. The molecular weight excluding hydrogens is 342 g/mol. The fraction of sp³-hybridized carbons (Fsp3) is 0.143. The second kappa shape index (κ2) is 7.14. The Bertz CT molecular complexity index is 918. The molecule has 1 N–H and O–H groups in total. The second-order valence-electron chi connectivity index (χ2n) is 6.22. The highest BCUT2D eigenvalue weighted by molar-refractivity contribution is 7.10. The van der Waals surface area contributed by atoms with Gasteiger partial charge in [0.15, 0.2) is 0 Å². The summed E-state index contributed by atoms with van der Waals surface area (Å²) in [4.78, 5) is 12.5. The first-order chi connectivity index (χ1) is 12.7. The highest BCUT2D eigenvalue weighted by Gasteiger charge is 2.30. The van der Waals surface area contributed by atoms with Crippen LogP contribution in [0.2, 0.25) is 0 Å². The second-order valence-corrected chi connectivity index (χ2v) is 7.20. The smallest absolute Gasteiger partial charge is 0.221 e. The van der Waals surface area contributed by atoms with E-state index >= 15 is 0 Å². The maximum absolute atomic E-state index is 11.2. The topological polar surface area (TPSA) is 44.7 Å². The molecule has 4 nitrogen and oxygen atoms in total. The molecule has 0 spiro atoms. The average Bonchev–Trinajstić information content (AvgIpc) is 3.32. The number of benzene rings is 2. The first-order valence-corrected chi connectivity index (χ1v) is 9.42. The van der Waals surface area contributed by atoms with E-state index in [2.05, 4.69) is 40.0 Å². The van der Waals surface area contributed by atoms with Crippen LogP contribution in [0.15, 0.2) is 77.2 Å². The zero-order chi connectivity index (χ0) is 17.9. The molecule has 0 aliphatic carbocycles. The molecule has 1 aromatic heterocycles. The monoisotopic (exact) mass is 361 g/mol. The number of carbonyl (C=O) groups excluding carboxylic acids is 1. The van der Waals surface area contributed by atoms with Crippen molar-refractivity contribution in [2.45, 2.75) is 19.4 Å². The number of amides is 1. The quantitative estimate of drug-likeness (QED) is 0.706. The highest BCUT2D eigenvalue weighted by atomic mass is 32.1. The molecule has 0 fully saturated rings. The molecule has 0 saturated heterocycles. The van der Waals surface area contributed by atoms with Crippen LogP contribution in [0, 0.1) is 0 Å². The zero-order valence-electron chi connectivity index (χ0n) is 14.4. The average molecular weight is 361 g/mol. The molecule has 5 heteroatoms. The minimum Gasteiger partial charge on any atom is -0.326 e. The van der Waals surface area contributed by atoms with Gasteiger partial charge in [0.2, 0.25) is 5.91 Å². The maximum atomic E-state index is 11.2. The molecule has 130 valence electrons. The molecule has 0 radical (unpaired) electrons. The van der Waals surface area contributed by atoms with Gasteiger partial charge in [0.25, 0.3) is 0 Å². The number of hydrazone groups is 1. The fourth-order valence-corrected chi connectivity index (χ4v) is 3.97. The first kappa shape index (κ1) is 16.5. The number of nitrogens with one attached hydrogen (secondary N) is 1. The summed E-state index contributed by atoms with van der Waals surface area (Å²) in [7, 11) is 0. The van der Waals surface area contributed by atoms with E-state index < -0.39 is 0 Å². The van der Waals surface area contributed by atoms with Crippen LogP contribution in [0.5, 0.6) is 0 Å². The largest absolute Gasteiger partial charge is 0.326 e. The van der Waals surface area contributed by atoms with Gasteiger partial charge in [0, 0.05) is 23.9 Å². The summed E-state index contributed by atoms with van der Waals surface area (Å²) in [6.45, 7) is 1.51. The van der Waals surface area contributed by atoms with Crippen LogP contribution in [0.25, 0.3) is 0 Å². The van der Waals surface area contributed by atoms with E-state index in [9.17, 15) is 4.79 Å². The van der Waals surface area contributed by atoms with Gasteiger partial charge in [-0.1, -0.05) is 36.4 Å². The fourth-order valence-electron chi connectivity index (χ4n) is 3.16. The van der Waals surface area contributed by atoms with Crippen molar-refractivity contribution in [3.8, 4) is 0 Å². The van der Waals surface area contributed by atoms with Crippen molar-refractivity contribution in [2.75, 3.05) is 10.3 Å². The number of carbonyl (C=O) groups is 1. The predicted molar refractivity (Wildman–Crippen MR) is 108 cm³/mol. The van der Waals surface area contributed by atoms with Crippen LogP contribution in [-0.2, 0) is 4.79 Å². The van der Waals surface area contributed by atoms with Gasteiger partial charge in [0.1, 0.15) is 0 Å². The summed E-state index contributed by atoms with van der Waals surface area (Å²) >= 11 is 1.76. The molecule has 1 aliphatic rings. The van der Waals surface area contributed by atoms with Crippen molar-refractivity contribution in [3.05, 3.63) is 82.6 Å². The first-order valence-electron chi connectivity index (χ1n) is 8.54. The number of rotatable bonds is 4. The molecule has 1 atom stereocenters. The van der Waals surface area contributed by atoms with Gasteiger partial charge in [-0.3, -0.25) is 9.80 Å². The van der Waals surface area contributed by atoms with Gasteiger partial charge in [0.05, 0.1) is 17.4 Å². The van der Waals surface area contributed by atoms with Crippen LogP contribution in [0.1, 0.15) is 29.8 Å². The van der Waals surface area contributed by atoms with Gasteiger partial charge >= 0.3 is 0 Å². The lowest BCUT2D eigenvalue weighted by molar-refractivity contribution is -0.114.